The van der Waals surface area contributed by atoms with Crippen LogP contribution in [0.4, 0.5) is 14.9 Å². The van der Waals surface area contributed by atoms with E-state index in [2.05, 4.69) is 10.6 Å². The van der Waals surface area contributed by atoms with Crippen molar-refractivity contribution in [1.82, 2.24) is 10.0 Å². The normalized spacial score (nSPS) is 17.2. The lowest BCUT2D eigenvalue weighted by Gasteiger charge is -2.27. The zero-order chi connectivity index (χ0) is 18.9. The van der Waals surface area contributed by atoms with Crippen LogP contribution in [-0.2, 0) is 14.8 Å². The summed E-state index contributed by atoms with van der Waals surface area (Å²) in [4.78, 5) is 23.0. The van der Waals surface area contributed by atoms with Crippen LogP contribution >= 0.6 is 0 Å². The lowest BCUT2D eigenvalue weighted by atomic mass is 9.92. The summed E-state index contributed by atoms with van der Waals surface area (Å²) in [6.45, 7) is 7.40. The number of hydrogen-bond donors (Lipinski definition) is 3. The lowest BCUT2D eigenvalue weighted by molar-refractivity contribution is -0.126. The number of sulfonamides is 1. The topological polar surface area (TPSA) is 104 Å². The van der Waals surface area contributed by atoms with Crippen LogP contribution in [0.15, 0.2) is 12.1 Å². The van der Waals surface area contributed by atoms with Gasteiger partial charge in [0.15, 0.2) is 5.37 Å². The first kappa shape index (κ1) is 19.2. The van der Waals surface area contributed by atoms with E-state index in [9.17, 15) is 22.4 Å². The van der Waals surface area contributed by atoms with Crippen LogP contribution in [0.3, 0.4) is 0 Å². The van der Waals surface area contributed by atoms with Crippen molar-refractivity contribution in [3.05, 3.63) is 29.1 Å². The molecule has 1 saturated heterocycles. The van der Waals surface area contributed by atoms with Gasteiger partial charge in [0.05, 0.1) is 6.42 Å². The van der Waals surface area contributed by atoms with Crippen molar-refractivity contribution in [3.63, 3.8) is 0 Å². The van der Waals surface area contributed by atoms with E-state index in [1.807, 2.05) is 32.4 Å². The highest BCUT2D eigenvalue weighted by Gasteiger charge is 2.38. The van der Waals surface area contributed by atoms with E-state index in [0.717, 1.165) is 0 Å². The fraction of sp³-hybridized carbons (Fsp3) is 0.500. The Labute approximate surface area is 146 Å². The molecule has 138 valence electrons. The Kier molecular flexibility index (Phi) is 5.36. The van der Waals surface area contributed by atoms with Crippen LogP contribution in [0.5, 0.6) is 0 Å². The van der Waals surface area contributed by atoms with E-state index in [1.165, 1.54) is 12.1 Å². The molecule has 1 aromatic rings. The largest absolute Gasteiger partial charge is 0.338 e. The second kappa shape index (κ2) is 6.99. The zero-order valence-corrected chi connectivity index (χ0v) is 15.3. The van der Waals surface area contributed by atoms with Gasteiger partial charge in [-0.25, -0.2) is 22.3 Å². The Morgan fingerprint density at radius 1 is 1.20 bits per heavy atom. The quantitative estimate of drug-likeness (QED) is 0.691. The first-order chi connectivity index (χ1) is 11.5. The molecule has 2 rings (SSSR count). The molecule has 1 aromatic carbocycles. The highest BCUT2D eigenvalue weighted by molar-refractivity contribution is 7.90. The maximum atomic E-state index is 13.9. The molecule has 0 spiro atoms. The highest BCUT2D eigenvalue weighted by Crippen LogP contribution is 2.33. The van der Waals surface area contributed by atoms with Gasteiger partial charge >= 0.3 is 6.03 Å². The first-order valence-corrected chi connectivity index (χ1v) is 9.51. The summed E-state index contributed by atoms with van der Waals surface area (Å²) < 4.78 is 39.8. The van der Waals surface area contributed by atoms with E-state index >= 15 is 0 Å². The number of carbonyl (C=O) groups is 2. The average molecular weight is 371 g/mol. The number of β-lactam (4-membered cyclic amide) rings is 1. The summed E-state index contributed by atoms with van der Waals surface area (Å²) >= 11 is 0. The third-order valence-electron chi connectivity index (χ3n) is 3.95. The summed E-state index contributed by atoms with van der Waals surface area (Å²) in [5.41, 5.74) is 1.55. The second-order valence-corrected chi connectivity index (χ2v) is 8.49. The summed E-state index contributed by atoms with van der Waals surface area (Å²) in [5, 5.41) is 3.61. The Morgan fingerprint density at radius 3 is 2.08 bits per heavy atom. The number of rotatable bonds is 5. The molecule has 1 heterocycles. The van der Waals surface area contributed by atoms with Crippen molar-refractivity contribution in [1.29, 1.82) is 0 Å². The molecule has 1 fully saturated rings. The van der Waals surface area contributed by atoms with Crippen LogP contribution in [0, 0.1) is 5.82 Å². The molecule has 0 bridgehead atoms. The minimum absolute atomic E-state index is 0.0778. The van der Waals surface area contributed by atoms with Gasteiger partial charge in [-0.1, -0.05) is 27.7 Å². The second-order valence-electron chi connectivity index (χ2n) is 6.63. The summed E-state index contributed by atoms with van der Waals surface area (Å²) in [7, 11) is -4.02. The van der Waals surface area contributed by atoms with Crippen LogP contribution in [-0.4, -0.2) is 25.7 Å². The molecule has 1 aliphatic rings. The number of benzene rings is 1. The number of carbonyl (C=O) groups excluding carboxylic acids is 2. The highest BCUT2D eigenvalue weighted by atomic mass is 32.2. The van der Waals surface area contributed by atoms with Gasteiger partial charge in [-0.05, 0) is 35.1 Å². The molecule has 25 heavy (non-hydrogen) atoms. The maximum Gasteiger partial charge on any atom is 0.332 e. The van der Waals surface area contributed by atoms with E-state index in [-0.39, 0.29) is 18.3 Å². The molecule has 0 aromatic heterocycles. The van der Waals surface area contributed by atoms with Crippen LogP contribution in [0.1, 0.15) is 57.1 Å². The molecule has 9 heteroatoms. The molecule has 0 aliphatic carbocycles. The molecule has 1 unspecified atom stereocenters. The van der Waals surface area contributed by atoms with Gasteiger partial charge in [0.25, 0.3) is 10.0 Å². The molecular formula is C16H22FN3O4S. The molecule has 0 saturated carbocycles. The standard InChI is InChI=1S/C16H22FN3O4S/c1-8(2)11-5-10(17)6-12(9(3)4)15(11)19-16(22)20-25(23,24)14-7-13(21)18-14/h5-6,8-9,14H,7H2,1-4H3,(H,18,21)(H2,19,20,22). The molecule has 3 N–H and O–H groups in total. The molecule has 1 aliphatic heterocycles. The molecule has 0 radical (unpaired) electrons. The van der Waals surface area contributed by atoms with Gasteiger partial charge in [0.1, 0.15) is 5.82 Å². The number of urea groups is 1. The van der Waals surface area contributed by atoms with Gasteiger partial charge < -0.3 is 10.6 Å². The van der Waals surface area contributed by atoms with Crippen LogP contribution < -0.4 is 15.4 Å². The van der Waals surface area contributed by atoms with Crippen molar-refractivity contribution in [2.45, 2.75) is 51.3 Å². The van der Waals surface area contributed by atoms with E-state index < -0.39 is 33.2 Å². The Balaban J connectivity index is 2.26. The number of halogens is 1. The van der Waals surface area contributed by atoms with E-state index in [4.69, 9.17) is 0 Å². The van der Waals surface area contributed by atoms with Gasteiger partial charge in [0.2, 0.25) is 5.91 Å². The lowest BCUT2D eigenvalue weighted by Crippen LogP contribution is -2.57. The Morgan fingerprint density at radius 2 is 1.68 bits per heavy atom. The third kappa shape index (κ3) is 4.28. The average Bonchev–Trinajstić information content (AvgIpc) is 2.44. The van der Waals surface area contributed by atoms with E-state index in [0.29, 0.717) is 16.8 Å². The molecule has 7 nitrogen and oxygen atoms in total. The predicted octanol–water partition coefficient (Wildman–Crippen LogP) is 2.37. The van der Waals surface area contributed by atoms with Gasteiger partial charge in [0, 0.05) is 5.69 Å². The number of anilines is 1. The number of hydrogen-bond acceptors (Lipinski definition) is 4. The minimum Gasteiger partial charge on any atom is -0.338 e. The van der Waals surface area contributed by atoms with Crippen LogP contribution in [0.25, 0.3) is 0 Å². The van der Waals surface area contributed by atoms with Crippen molar-refractivity contribution >= 4 is 27.6 Å². The van der Waals surface area contributed by atoms with E-state index in [1.54, 1.807) is 0 Å². The SMILES string of the molecule is CC(C)c1cc(F)cc(C(C)C)c1NC(=O)NS(=O)(=O)C1CC(=O)N1. The van der Waals surface area contributed by atoms with Crippen molar-refractivity contribution in [2.75, 3.05) is 5.32 Å². The predicted molar refractivity (Wildman–Crippen MR) is 92.2 cm³/mol. The molecule has 1 atom stereocenters. The Bertz CT molecular complexity index is 769. The Hall–Kier alpha value is -2.16. The number of nitrogens with one attached hydrogen (secondary N) is 3. The zero-order valence-electron chi connectivity index (χ0n) is 14.5. The fourth-order valence-corrected chi connectivity index (χ4v) is 3.67. The smallest absolute Gasteiger partial charge is 0.332 e. The molecular weight excluding hydrogens is 349 g/mol. The van der Waals surface area contributed by atoms with Crippen LogP contribution in [0.2, 0.25) is 0 Å². The van der Waals surface area contributed by atoms with Gasteiger partial charge in [-0.15, -0.1) is 0 Å². The monoisotopic (exact) mass is 371 g/mol. The maximum absolute atomic E-state index is 13.9. The first-order valence-electron chi connectivity index (χ1n) is 7.96. The summed E-state index contributed by atoms with van der Waals surface area (Å²) in [6.07, 6.45) is -0.187. The fourth-order valence-electron chi connectivity index (χ4n) is 2.56. The third-order valence-corrected chi connectivity index (χ3v) is 5.45. The number of amides is 3. The van der Waals surface area contributed by atoms with Gasteiger partial charge in [-0.3, -0.25) is 4.79 Å². The van der Waals surface area contributed by atoms with Crippen molar-refractivity contribution in [2.24, 2.45) is 0 Å². The van der Waals surface area contributed by atoms with Gasteiger partial charge in [-0.2, -0.15) is 0 Å². The minimum atomic E-state index is -4.02. The van der Waals surface area contributed by atoms with Crippen molar-refractivity contribution in [3.8, 4) is 0 Å². The molecule has 3 amide bonds. The van der Waals surface area contributed by atoms with Crippen molar-refractivity contribution < 1.29 is 22.4 Å². The summed E-state index contributed by atoms with van der Waals surface area (Å²) in [5.74, 6) is -0.960. The summed E-state index contributed by atoms with van der Waals surface area (Å²) in [6, 6.07) is 1.70.